The lowest BCUT2D eigenvalue weighted by Gasteiger charge is -2.36. The van der Waals surface area contributed by atoms with Gasteiger partial charge in [-0.3, -0.25) is 0 Å². The van der Waals surface area contributed by atoms with Gasteiger partial charge in [0.05, 0.1) is 0 Å². The summed E-state index contributed by atoms with van der Waals surface area (Å²) in [4.78, 5) is 2.54. The maximum Gasteiger partial charge on any atom is 0.250 e. The first-order chi connectivity index (χ1) is 10.3. The lowest BCUT2D eigenvalue weighted by Crippen LogP contribution is -2.44. The highest BCUT2D eigenvalue weighted by molar-refractivity contribution is 6.74. The minimum absolute atomic E-state index is 0.244. The van der Waals surface area contributed by atoms with E-state index >= 15 is 0 Å². The molecule has 0 unspecified atom stereocenters. The van der Waals surface area contributed by atoms with E-state index in [4.69, 9.17) is 4.43 Å². The van der Waals surface area contributed by atoms with Crippen LogP contribution in [0.3, 0.4) is 0 Å². The van der Waals surface area contributed by atoms with Crippen LogP contribution in [0.1, 0.15) is 26.3 Å². The molecule has 0 radical (unpaired) electrons. The fraction of sp³-hybridized carbons (Fsp3) is 0.667. The van der Waals surface area contributed by atoms with Gasteiger partial charge in [0.15, 0.2) is 0 Å². The van der Waals surface area contributed by atoms with Gasteiger partial charge in [-0.2, -0.15) is 0 Å². The molecule has 2 rings (SSSR count). The second-order valence-electron chi connectivity index (χ2n) is 7.85. The van der Waals surface area contributed by atoms with E-state index in [1.54, 1.807) is 0 Å². The van der Waals surface area contributed by atoms with E-state index in [-0.39, 0.29) is 5.04 Å². The van der Waals surface area contributed by atoms with Gasteiger partial charge < -0.3 is 14.6 Å². The fourth-order valence-corrected chi connectivity index (χ4v) is 3.43. The second kappa shape index (κ2) is 7.15. The zero-order valence-electron chi connectivity index (χ0n) is 14.9. The maximum absolute atomic E-state index is 6.34. The molecule has 0 atom stereocenters. The molecule has 1 saturated heterocycles. The van der Waals surface area contributed by atoms with Crippen molar-refractivity contribution in [3.05, 3.63) is 29.8 Å². The van der Waals surface area contributed by atoms with Crippen molar-refractivity contribution < 1.29 is 4.43 Å². The normalized spacial score (nSPS) is 17.5. The Labute approximate surface area is 137 Å². The lowest BCUT2D eigenvalue weighted by atomic mass is 10.1. The molecule has 4 heteroatoms. The van der Waals surface area contributed by atoms with Gasteiger partial charge in [-0.25, -0.2) is 0 Å². The van der Waals surface area contributed by atoms with E-state index in [9.17, 15) is 0 Å². The predicted octanol–water partition coefficient (Wildman–Crippen LogP) is 3.52. The zero-order valence-corrected chi connectivity index (χ0v) is 15.9. The molecule has 124 valence electrons. The molecule has 1 aromatic rings. The molecule has 0 bridgehead atoms. The third-order valence-electron chi connectivity index (χ3n) is 5.03. The summed E-state index contributed by atoms with van der Waals surface area (Å²) < 4.78 is 6.34. The van der Waals surface area contributed by atoms with E-state index in [2.05, 4.69) is 68.3 Å². The molecule has 1 aliphatic heterocycles. The van der Waals surface area contributed by atoms with Crippen molar-refractivity contribution in [3.63, 3.8) is 0 Å². The van der Waals surface area contributed by atoms with Gasteiger partial charge in [0.25, 0.3) is 0 Å². The Bertz CT molecular complexity index is 459. The first-order valence-corrected chi connectivity index (χ1v) is 11.4. The van der Waals surface area contributed by atoms with Gasteiger partial charge in [-0.15, -0.1) is 0 Å². The summed E-state index contributed by atoms with van der Waals surface area (Å²) in [6, 6.07) is 8.75. The molecule has 1 aliphatic rings. The van der Waals surface area contributed by atoms with E-state index < -0.39 is 8.32 Å². The highest BCUT2D eigenvalue weighted by Crippen LogP contribution is 2.37. The molecule has 0 aromatic heterocycles. The van der Waals surface area contributed by atoms with Crippen molar-refractivity contribution in [2.75, 3.05) is 32.7 Å². The summed E-state index contributed by atoms with van der Waals surface area (Å²) in [6.07, 6.45) is 1.13. The second-order valence-corrected chi connectivity index (χ2v) is 12.6. The number of benzene rings is 1. The van der Waals surface area contributed by atoms with Crippen LogP contribution in [0.25, 0.3) is 0 Å². The topological polar surface area (TPSA) is 24.5 Å². The Kier molecular flexibility index (Phi) is 5.69. The maximum atomic E-state index is 6.34. The molecule has 1 heterocycles. The number of hydrogen-bond donors (Lipinski definition) is 1. The molecule has 1 N–H and O–H groups in total. The molecular formula is C18H32N2OSi. The minimum atomic E-state index is -1.72. The van der Waals surface area contributed by atoms with E-state index in [1.807, 2.05) is 0 Å². The number of rotatable bonds is 5. The summed E-state index contributed by atoms with van der Waals surface area (Å²) in [5, 5.41) is 3.64. The van der Waals surface area contributed by atoms with E-state index in [0.29, 0.717) is 0 Å². The van der Waals surface area contributed by atoms with Crippen LogP contribution in [-0.4, -0.2) is 45.9 Å². The number of nitrogens with zero attached hydrogens (tertiary/aromatic N) is 1. The third kappa shape index (κ3) is 4.83. The first kappa shape index (κ1) is 17.5. The predicted molar refractivity (Wildman–Crippen MR) is 97.3 cm³/mol. The lowest BCUT2D eigenvalue weighted by molar-refractivity contribution is 0.244. The third-order valence-corrected chi connectivity index (χ3v) is 9.39. The highest BCUT2D eigenvalue weighted by Gasteiger charge is 2.38. The Morgan fingerprint density at radius 1 is 1.09 bits per heavy atom. The van der Waals surface area contributed by atoms with Crippen LogP contribution in [0, 0.1) is 0 Å². The summed E-state index contributed by atoms with van der Waals surface area (Å²) >= 11 is 0. The van der Waals surface area contributed by atoms with Crippen molar-refractivity contribution in [2.45, 2.75) is 45.3 Å². The van der Waals surface area contributed by atoms with Crippen molar-refractivity contribution in [1.82, 2.24) is 10.2 Å². The monoisotopic (exact) mass is 320 g/mol. The van der Waals surface area contributed by atoms with Crippen molar-refractivity contribution in [1.29, 1.82) is 0 Å². The van der Waals surface area contributed by atoms with Crippen LogP contribution in [0.2, 0.25) is 18.1 Å². The van der Waals surface area contributed by atoms with Gasteiger partial charge in [0.2, 0.25) is 8.32 Å². The Hall–Kier alpha value is -0.843. The molecule has 0 aliphatic carbocycles. The molecule has 1 fully saturated rings. The minimum Gasteiger partial charge on any atom is -0.544 e. The number of piperazine rings is 1. The van der Waals surface area contributed by atoms with Gasteiger partial charge in [-0.05, 0) is 42.2 Å². The molecule has 1 aromatic carbocycles. The van der Waals surface area contributed by atoms with Crippen LogP contribution in [0.15, 0.2) is 24.3 Å². The van der Waals surface area contributed by atoms with Gasteiger partial charge in [0.1, 0.15) is 5.75 Å². The Morgan fingerprint density at radius 3 is 2.23 bits per heavy atom. The van der Waals surface area contributed by atoms with Gasteiger partial charge in [0, 0.05) is 32.7 Å². The standard InChI is InChI=1S/C18H32N2OSi/c1-18(2,3)22(4,5)21-17-8-6-16(7-9-17)10-13-20-14-11-19-12-15-20/h6-9,19H,10-15H2,1-5H3. The summed E-state index contributed by atoms with van der Waals surface area (Å²) in [6.45, 7) is 17.2. The average Bonchev–Trinajstić information content (AvgIpc) is 2.46. The molecular weight excluding hydrogens is 288 g/mol. The van der Waals surface area contributed by atoms with Crippen LogP contribution < -0.4 is 9.74 Å². The summed E-state index contributed by atoms with van der Waals surface area (Å²) in [7, 11) is -1.72. The quantitative estimate of drug-likeness (QED) is 0.840. The largest absolute Gasteiger partial charge is 0.544 e. The van der Waals surface area contributed by atoms with Crippen molar-refractivity contribution in [2.24, 2.45) is 0 Å². The summed E-state index contributed by atoms with van der Waals surface area (Å²) in [5.41, 5.74) is 1.40. The first-order valence-electron chi connectivity index (χ1n) is 8.49. The molecule has 22 heavy (non-hydrogen) atoms. The molecule has 3 nitrogen and oxygen atoms in total. The smallest absolute Gasteiger partial charge is 0.250 e. The average molecular weight is 321 g/mol. The SMILES string of the molecule is CC(C)(C)[Si](C)(C)Oc1ccc(CCN2CCNCC2)cc1. The number of hydrogen-bond acceptors (Lipinski definition) is 3. The molecule has 0 amide bonds. The van der Waals surface area contributed by atoms with Crippen molar-refractivity contribution >= 4 is 8.32 Å². The Balaban J connectivity index is 1.87. The van der Waals surface area contributed by atoms with Crippen LogP contribution >= 0.6 is 0 Å². The molecule has 0 saturated carbocycles. The fourth-order valence-electron chi connectivity index (χ4n) is 2.39. The Morgan fingerprint density at radius 2 is 1.68 bits per heavy atom. The molecule has 0 spiro atoms. The van der Waals surface area contributed by atoms with Gasteiger partial charge in [-0.1, -0.05) is 32.9 Å². The van der Waals surface area contributed by atoms with Crippen molar-refractivity contribution in [3.8, 4) is 5.75 Å². The van der Waals surface area contributed by atoms with Crippen LogP contribution in [0.5, 0.6) is 5.75 Å². The zero-order chi connectivity index (χ0) is 16.2. The number of nitrogens with one attached hydrogen (secondary N) is 1. The van der Waals surface area contributed by atoms with Gasteiger partial charge >= 0.3 is 0 Å². The highest BCUT2D eigenvalue weighted by atomic mass is 28.4. The summed E-state index contributed by atoms with van der Waals surface area (Å²) in [5.74, 6) is 1.03. The van der Waals surface area contributed by atoms with Crippen LogP contribution in [-0.2, 0) is 6.42 Å². The van der Waals surface area contributed by atoms with E-state index in [1.165, 1.54) is 18.7 Å². The van der Waals surface area contributed by atoms with Crippen LogP contribution in [0.4, 0.5) is 0 Å². The van der Waals surface area contributed by atoms with E-state index in [0.717, 1.165) is 31.8 Å².